The highest BCUT2D eigenvalue weighted by Gasteiger charge is 2.30. The van der Waals surface area contributed by atoms with Gasteiger partial charge in [-0.25, -0.2) is 0 Å². The number of hydrogen-bond donors (Lipinski definition) is 3. The quantitative estimate of drug-likeness (QED) is 0.714. The molecule has 4 unspecified atom stereocenters. The molecule has 1 aliphatic rings. The summed E-state index contributed by atoms with van der Waals surface area (Å²) >= 11 is 0. The maximum absolute atomic E-state index is 12.2. The van der Waals surface area contributed by atoms with Crippen LogP contribution in [0.15, 0.2) is 30.3 Å². The van der Waals surface area contributed by atoms with Crippen LogP contribution in [0.4, 0.5) is 0 Å². The fourth-order valence-electron chi connectivity index (χ4n) is 2.57. The number of carbonyl (C=O) groups excluding carboxylic acids is 2. The molecule has 23 heavy (non-hydrogen) atoms. The van der Waals surface area contributed by atoms with Gasteiger partial charge in [-0.3, -0.25) is 9.59 Å². The minimum absolute atomic E-state index is 0. The number of ether oxygens (including phenoxy) is 1. The Hall–Kier alpha value is -1.63. The Morgan fingerprint density at radius 1 is 1.30 bits per heavy atom. The Morgan fingerprint density at radius 2 is 1.96 bits per heavy atom. The van der Waals surface area contributed by atoms with E-state index in [1.165, 1.54) is 0 Å². The topological polar surface area (TPSA) is 107 Å². The third-order valence-corrected chi connectivity index (χ3v) is 4.07. The minimum atomic E-state index is -0.536. The Bertz CT molecular complexity index is 527. The minimum Gasteiger partial charge on any atom is -0.367 e. The molecule has 5 N–H and O–H groups in total. The van der Waals surface area contributed by atoms with E-state index in [0.717, 1.165) is 5.56 Å². The van der Waals surface area contributed by atoms with Crippen LogP contribution in [0, 0.1) is 5.92 Å². The van der Waals surface area contributed by atoms with Crippen molar-refractivity contribution < 1.29 is 14.3 Å². The van der Waals surface area contributed by atoms with E-state index >= 15 is 0 Å². The average Bonchev–Trinajstić information content (AvgIpc) is 3.01. The molecule has 1 saturated heterocycles. The summed E-state index contributed by atoms with van der Waals surface area (Å²) in [5.41, 5.74) is 12.3. The SMILES string of the molecule is CC(C(=O)NCC1CCC(C(N)=O)O1)C(N)c1ccccc1.Cl. The predicted octanol–water partition coefficient (Wildman–Crippen LogP) is 0.893. The lowest BCUT2D eigenvalue weighted by Crippen LogP contribution is -2.39. The van der Waals surface area contributed by atoms with Crippen LogP contribution < -0.4 is 16.8 Å². The number of rotatable bonds is 6. The summed E-state index contributed by atoms with van der Waals surface area (Å²) in [6.07, 6.45) is 0.620. The largest absolute Gasteiger partial charge is 0.367 e. The van der Waals surface area contributed by atoms with Crippen molar-refractivity contribution in [3.8, 4) is 0 Å². The zero-order chi connectivity index (χ0) is 16.1. The molecule has 1 aromatic carbocycles. The molecule has 128 valence electrons. The summed E-state index contributed by atoms with van der Waals surface area (Å²) in [6, 6.07) is 9.17. The molecule has 1 aliphatic heterocycles. The average molecular weight is 342 g/mol. The fourth-order valence-corrected chi connectivity index (χ4v) is 2.57. The molecule has 1 aromatic rings. The van der Waals surface area contributed by atoms with E-state index < -0.39 is 12.0 Å². The van der Waals surface area contributed by atoms with E-state index in [1.54, 1.807) is 6.92 Å². The van der Waals surface area contributed by atoms with Crippen molar-refractivity contribution in [2.24, 2.45) is 17.4 Å². The van der Waals surface area contributed by atoms with Gasteiger partial charge in [-0.05, 0) is 18.4 Å². The number of hydrogen-bond acceptors (Lipinski definition) is 4. The van der Waals surface area contributed by atoms with Gasteiger partial charge in [0.05, 0.1) is 12.0 Å². The number of halogens is 1. The van der Waals surface area contributed by atoms with Gasteiger partial charge >= 0.3 is 0 Å². The maximum Gasteiger partial charge on any atom is 0.246 e. The van der Waals surface area contributed by atoms with Gasteiger partial charge in [0.1, 0.15) is 6.10 Å². The van der Waals surface area contributed by atoms with Gasteiger partial charge in [-0.1, -0.05) is 37.3 Å². The Kier molecular flexibility index (Phi) is 7.48. The summed E-state index contributed by atoms with van der Waals surface area (Å²) in [6.45, 7) is 2.17. The van der Waals surface area contributed by atoms with Crippen molar-refractivity contribution in [1.82, 2.24) is 5.32 Å². The number of amides is 2. The normalized spacial score (nSPS) is 22.7. The van der Waals surface area contributed by atoms with Gasteiger partial charge in [-0.15, -0.1) is 12.4 Å². The molecule has 0 aromatic heterocycles. The Balaban J connectivity index is 0.00000264. The first-order valence-corrected chi connectivity index (χ1v) is 7.52. The molecule has 2 rings (SSSR count). The van der Waals surface area contributed by atoms with Gasteiger partial charge in [-0.2, -0.15) is 0 Å². The van der Waals surface area contributed by atoms with Crippen LogP contribution in [0.3, 0.4) is 0 Å². The van der Waals surface area contributed by atoms with Crippen molar-refractivity contribution >= 4 is 24.2 Å². The highest BCUT2D eigenvalue weighted by molar-refractivity contribution is 5.85. The lowest BCUT2D eigenvalue weighted by atomic mass is 9.94. The molecule has 1 fully saturated rings. The van der Waals surface area contributed by atoms with Crippen LogP contribution in [0.25, 0.3) is 0 Å². The molecule has 4 atom stereocenters. The maximum atomic E-state index is 12.2. The lowest BCUT2D eigenvalue weighted by molar-refractivity contribution is -0.129. The van der Waals surface area contributed by atoms with Gasteiger partial charge in [0.2, 0.25) is 11.8 Å². The van der Waals surface area contributed by atoms with E-state index in [4.69, 9.17) is 16.2 Å². The second kappa shape index (κ2) is 8.86. The predicted molar refractivity (Wildman–Crippen MR) is 89.9 cm³/mol. The van der Waals surface area contributed by atoms with E-state index in [2.05, 4.69) is 5.32 Å². The molecule has 6 nitrogen and oxygen atoms in total. The highest BCUT2D eigenvalue weighted by atomic mass is 35.5. The standard InChI is InChI=1S/C16H23N3O3.ClH/c1-10(14(17)11-5-3-2-4-6-11)16(21)19-9-12-7-8-13(22-12)15(18)20;/h2-6,10,12-14H,7-9,17H2,1H3,(H2,18,20)(H,19,21);1H. The van der Waals surface area contributed by atoms with Gasteiger partial charge in [0, 0.05) is 12.6 Å². The molecule has 0 bridgehead atoms. The second-order valence-electron chi connectivity index (χ2n) is 5.70. The van der Waals surface area contributed by atoms with Crippen molar-refractivity contribution in [3.63, 3.8) is 0 Å². The highest BCUT2D eigenvalue weighted by Crippen LogP contribution is 2.21. The van der Waals surface area contributed by atoms with Gasteiger partial charge in [0.15, 0.2) is 0 Å². The summed E-state index contributed by atoms with van der Waals surface area (Å²) in [5, 5.41) is 2.84. The summed E-state index contributed by atoms with van der Waals surface area (Å²) < 4.78 is 5.48. The third kappa shape index (κ3) is 5.20. The first kappa shape index (κ1) is 19.4. The van der Waals surface area contributed by atoms with Crippen molar-refractivity contribution in [2.75, 3.05) is 6.54 Å². The van der Waals surface area contributed by atoms with E-state index in [-0.39, 0.29) is 36.4 Å². The molecule has 0 radical (unpaired) electrons. The van der Waals surface area contributed by atoms with E-state index in [0.29, 0.717) is 19.4 Å². The summed E-state index contributed by atoms with van der Waals surface area (Å²) in [5.74, 6) is -0.925. The van der Waals surface area contributed by atoms with Crippen molar-refractivity contribution in [1.29, 1.82) is 0 Å². The zero-order valence-electron chi connectivity index (χ0n) is 13.1. The number of nitrogens with one attached hydrogen (secondary N) is 1. The molecule has 2 amide bonds. The van der Waals surface area contributed by atoms with Crippen LogP contribution in [-0.2, 0) is 14.3 Å². The summed E-state index contributed by atoms with van der Waals surface area (Å²) in [4.78, 5) is 23.2. The molecule has 0 spiro atoms. The number of primary amides is 1. The first-order valence-electron chi connectivity index (χ1n) is 7.52. The monoisotopic (exact) mass is 341 g/mol. The molecular weight excluding hydrogens is 318 g/mol. The summed E-state index contributed by atoms with van der Waals surface area (Å²) in [7, 11) is 0. The van der Waals surface area contributed by atoms with Crippen LogP contribution in [0.2, 0.25) is 0 Å². The Labute approximate surface area is 142 Å². The Morgan fingerprint density at radius 3 is 2.52 bits per heavy atom. The number of benzene rings is 1. The van der Waals surface area contributed by atoms with Gasteiger partial charge < -0.3 is 21.5 Å². The van der Waals surface area contributed by atoms with E-state index in [1.807, 2.05) is 30.3 Å². The molecule has 0 aliphatic carbocycles. The molecular formula is C16H24ClN3O3. The van der Waals surface area contributed by atoms with Crippen molar-refractivity contribution in [3.05, 3.63) is 35.9 Å². The smallest absolute Gasteiger partial charge is 0.246 e. The van der Waals surface area contributed by atoms with Gasteiger partial charge in [0.25, 0.3) is 0 Å². The van der Waals surface area contributed by atoms with Crippen LogP contribution in [0.1, 0.15) is 31.4 Å². The number of carbonyl (C=O) groups is 2. The van der Waals surface area contributed by atoms with E-state index in [9.17, 15) is 9.59 Å². The molecule has 1 heterocycles. The second-order valence-corrected chi connectivity index (χ2v) is 5.70. The lowest BCUT2D eigenvalue weighted by Gasteiger charge is -2.21. The third-order valence-electron chi connectivity index (χ3n) is 4.07. The number of nitrogens with two attached hydrogens (primary N) is 2. The first-order chi connectivity index (χ1) is 10.5. The molecule has 7 heteroatoms. The van der Waals surface area contributed by atoms with Crippen LogP contribution in [0.5, 0.6) is 0 Å². The zero-order valence-corrected chi connectivity index (χ0v) is 13.9. The van der Waals surface area contributed by atoms with Crippen molar-refractivity contribution in [2.45, 2.75) is 38.0 Å². The van der Waals surface area contributed by atoms with Crippen LogP contribution >= 0.6 is 12.4 Å². The van der Waals surface area contributed by atoms with Crippen LogP contribution in [-0.4, -0.2) is 30.6 Å². The fraction of sp³-hybridized carbons (Fsp3) is 0.500. The molecule has 0 saturated carbocycles.